The molecule has 2 aliphatic carbocycles. The first kappa shape index (κ1) is 24.8. The summed E-state index contributed by atoms with van der Waals surface area (Å²) < 4.78 is 0. The number of allylic oxidation sites excluding steroid dienone is 1. The van der Waals surface area contributed by atoms with Gasteiger partial charge in [-0.15, -0.1) is 0 Å². The zero-order valence-corrected chi connectivity index (χ0v) is 23.6. The van der Waals surface area contributed by atoms with Gasteiger partial charge in [-0.05, 0) is 80.9 Å². The Bertz CT molecular complexity index is 2120. The van der Waals surface area contributed by atoms with Crippen molar-refractivity contribution in [1.82, 2.24) is 0 Å². The van der Waals surface area contributed by atoms with Crippen molar-refractivity contribution >= 4 is 29.7 Å². The van der Waals surface area contributed by atoms with Crippen molar-refractivity contribution in [1.29, 1.82) is 0 Å². The molecular formula is C40H32N2. The van der Waals surface area contributed by atoms with Crippen LogP contribution in [0.1, 0.15) is 35.1 Å². The van der Waals surface area contributed by atoms with Crippen LogP contribution in [0.2, 0.25) is 0 Å². The second-order valence-corrected chi connectivity index (χ2v) is 11.4. The highest BCUT2D eigenvalue weighted by molar-refractivity contribution is 5.94. The van der Waals surface area contributed by atoms with Gasteiger partial charge in [0, 0.05) is 30.0 Å². The molecule has 0 N–H and O–H groups in total. The molecule has 5 aromatic carbocycles. The SMILES string of the molecule is C1=NC(Cc2ccccc2)=CN(c2ccccc2-c2cccc3c2=CCc2c4c(ccc2=3)=CCCC4)c2ccccc21. The Kier molecular flexibility index (Phi) is 6.18. The quantitative estimate of drug-likeness (QED) is 0.228. The second kappa shape index (κ2) is 10.5. The largest absolute Gasteiger partial charge is 0.314 e. The van der Waals surface area contributed by atoms with E-state index in [1.807, 2.05) is 6.21 Å². The van der Waals surface area contributed by atoms with Gasteiger partial charge in [0.25, 0.3) is 0 Å². The molecule has 1 heterocycles. The van der Waals surface area contributed by atoms with Crippen LogP contribution >= 0.6 is 0 Å². The summed E-state index contributed by atoms with van der Waals surface area (Å²) in [5.74, 6) is 0. The molecule has 42 heavy (non-hydrogen) atoms. The lowest BCUT2D eigenvalue weighted by molar-refractivity contribution is 0.824. The van der Waals surface area contributed by atoms with Crippen molar-refractivity contribution in [3.63, 3.8) is 0 Å². The molecule has 0 aromatic heterocycles. The number of benzene rings is 5. The Balaban J connectivity index is 1.33. The minimum absolute atomic E-state index is 0.775. The summed E-state index contributed by atoms with van der Waals surface area (Å²) in [6, 6.07) is 39.5. The highest BCUT2D eigenvalue weighted by Crippen LogP contribution is 2.37. The number of nitrogens with zero attached hydrogens (tertiary/aromatic N) is 2. The number of anilines is 2. The smallest absolute Gasteiger partial charge is 0.0613 e. The lowest BCUT2D eigenvalue weighted by Crippen LogP contribution is -2.21. The van der Waals surface area contributed by atoms with Gasteiger partial charge in [0.1, 0.15) is 0 Å². The van der Waals surface area contributed by atoms with E-state index in [1.54, 1.807) is 5.56 Å². The summed E-state index contributed by atoms with van der Waals surface area (Å²) in [5, 5.41) is 5.53. The van der Waals surface area contributed by atoms with Gasteiger partial charge in [0.05, 0.1) is 17.1 Å². The van der Waals surface area contributed by atoms with E-state index >= 15 is 0 Å². The fourth-order valence-corrected chi connectivity index (χ4v) is 6.91. The molecule has 2 nitrogen and oxygen atoms in total. The maximum Gasteiger partial charge on any atom is 0.0613 e. The topological polar surface area (TPSA) is 15.6 Å². The fourth-order valence-electron chi connectivity index (χ4n) is 6.91. The first-order valence-electron chi connectivity index (χ1n) is 15.0. The molecule has 0 radical (unpaired) electrons. The Morgan fingerprint density at radius 1 is 0.643 bits per heavy atom. The van der Waals surface area contributed by atoms with E-state index in [0.29, 0.717) is 0 Å². The van der Waals surface area contributed by atoms with Crippen molar-refractivity contribution in [2.24, 2.45) is 4.99 Å². The van der Waals surface area contributed by atoms with Gasteiger partial charge in [-0.25, -0.2) is 0 Å². The predicted molar refractivity (Wildman–Crippen MR) is 175 cm³/mol. The molecule has 0 bridgehead atoms. The van der Waals surface area contributed by atoms with Crippen molar-refractivity contribution in [3.8, 4) is 11.1 Å². The molecule has 8 rings (SSSR count). The Hall–Kier alpha value is -4.95. The van der Waals surface area contributed by atoms with Crippen LogP contribution in [0.5, 0.6) is 0 Å². The van der Waals surface area contributed by atoms with Crippen molar-refractivity contribution in [3.05, 3.63) is 164 Å². The van der Waals surface area contributed by atoms with Crippen LogP contribution in [-0.4, -0.2) is 6.21 Å². The summed E-state index contributed by atoms with van der Waals surface area (Å²) in [6.07, 6.45) is 14.5. The second-order valence-electron chi connectivity index (χ2n) is 11.4. The average Bonchev–Trinajstić information content (AvgIpc) is 3.24. The third kappa shape index (κ3) is 4.31. The van der Waals surface area contributed by atoms with E-state index in [0.717, 1.165) is 35.5 Å². The van der Waals surface area contributed by atoms with E-state index in [9.17, 15) is 0 Å². The molecule has 0 saturated heterocycles. The summed E-state index contributed by atoms with van der Waals surface area (Å²) in [6.45, 7) is 0. The molecule has 0 spiro atoms. The lowest BCUT2D eigenvalue weighted by atomic mass is 9.87. The van der Waals surface area contributed by atoms with E-state index in [4.69, 9.17) is 4.99 Å². The van der Waals surface area contributed by atoms with Crippen LogP contribution in [-0.2, 0) is 19.3 Å². The van der Waals surface area contributed by atoms with Gasteiger partial charge in [-0.2, -0.15) is 0 Å². The van der Waals surface area contributed by atoms with E-state index in [-0.39, 0.29) is 0 Å². The lowest BCUT2D eigenvalue weighted by Gasteiger charge is -2.25. The molecule has 0 atom stereocenters. The molecule has 3 aliphatic rings. The number of aliphatic imine (C=N–C) groups is 1. The Labute approximate surface area is 246 Å². The van der Waals surface area contributed by atoms with Crippen LogP contribution in [0.4, 0.5) is 11.4 Å². The maximum atomic E-state index is 4.95. The molecule has 202 valence electrons. The summed E-state index contributed by atoms with van der Waals surface area (Å²) in [7, 11) is 0. The third-order valence-corrected chi connectivity index (χ3v) is 8.89. The first-order valence-corrected chi connectivity index (χ1v) is 15.0. The molecule has 2 heteroatoms. The van der Waals surface area contributed by atoms with Crippen LogP contribution < -0.4 is 15.3 Å². The summed E-state index contributed by atoms with van der Waals surface area (Å²) >= 11 is 0. The standard InChI is InChI=1S/C40H32N2/c1-2-11-28(12-3-1)25-31-27-42(39-19-8-5-14-30(39)26-41-31)40-20-9-7-16-38(40)34-18-10-17-33-36-22-21-29-13-4-6-15-32(29)35(36)23-24-37(33)34/h1-3,5,7-14,16-22,24,26-27H,4,6,15,23,25H2. The van der Waals surface area contributed by atoms with Crippen LogP contribution in [0.15, 0.2) is 126 Å². The van der Waals surface area contributed by atoms with Gasteiger partial charge < -0.3 is 4.90 Å². The van der Waals surface area contributed by atoms with Crippen LogP contribution in [0, 0.1) is 10.4 Å². The Morgan fingerprint density at radius 3 is 2.38 bits per heavy atom. The van der Waals surface area contributed by atoms with E-state index < -0.39 is 0 Å². The molecule has 0 fully saturated rings. The molecule has 0 saturated carbocycles. The highest BCUT2D eigenvalue weighted by Gasteiger charge is 2.20. The minimum Gasteiger partial charge on any atom is -0.314 e. The third-order valence-electron chi connectivity index (χ3n) is 8.89. The number of para-hydroxylation sites is 2. The zero-order valence-electron chi connectivity index (χ0n) is 23.6. The zero-order chi connectivity index (χ0) is 27.9. The van der Waals surface area contributed by atoms with Crippen molar-refractivity contribution < 1.29 is 0 Å². The summed E-state index contributed by atoms with van der Waals surface area (Å²) in [5.41, 5.74) is 11.3. The van der Waals surface area contributed by atoms with E-state index in [1.165, 1.54) is 62.4 Å². The highest BCUT2D eigenvalue weighted by atomic mass is 15.1. The van der Waals surface area contributed by atoms with Crippen molar-refractivity contribution in [2.75, 3.05) is 4.90 Å². The monoisotopic (exact) mass is 540 g/mol. The molecule has 1 aliphatic heterocycles. The van der Waals surface area contributed by atoms with Gasteiger partial charge in [-0.3, -0.25) is 4.99 Å². The predicted octanol–water partition coefficient (Wildman–Crippen LogP) is 7.75. The maximum absolute atomic E-state index is 4.95. The fraction of sp³-hybridized carbons (Fsp3) is 0.125. The number of fused-ring (bicyclic) bond motifs is 5. The van der Waals surface area contributed by atoms with E-state index in [2.05, 4.69) is 132 Å². The van der Waals surface area contributed by atoms with Gasteiger partial charge >= 0.3 is 0 Å². The molecular weight excluding hydrogens is 508 g/mol. The molecule has 0 amide bonds. The normalized spacial score (nSPS) is 14.8. The molecule has 0 unspecified atom stereocenters. The molecule has 5 aromatic rings. The average molecular weight is 541 g/mol. The van der Waals surface area contributed by atoms with Gasteiger partial charge in [-0.1, -0.05) is 109 Å². The number of hydrogen-bond donors (Lipinski definition) is 0. The van der Waals surface area contributed by atoms with Crippen LogP contribution in [0.25, 0.3) is 23.3 Å². The minimum atomic E-state index is 0.775. The first-order chi connectivity index (χ1) is 20.8. The van der Waals surface area contributed by atoms with Gasteiger partial charge in [0.2, 0.25) is 0 Å². The number of rotatable bonds is 4. The van der Waals surface area contributed by atoms with Gasteiger partial charge in [0.15, 0.2) is 0 Å². The summed E-state index contributed by atoms with van der Waals surface area (Å²) in [4.78, 5) is 7.30. The Morgan fingerprint density at radius 2 is 1.45 bits per heavy atom. The van der Waals surface area contributed by atoms with Crippen molar-refractivity contribution in [2.45, 2.75) is 32.1 Å². The van der Waals surface area contributed by atoms with Crippen LogP contribution in [0.3, 0.4) is 0 Å². The number of hydrogen-bond acceptors (Lipinski definition) is 2.